The van der Waals surface area contributed by atoms with Crippen LogP contribution in [0.5, 0.6) is 0 Å². The van der Waals surface area contributed by atoms with Crippen LogP contribution in [0.25, 0.3) is 0 Å². The summed E-state index contributed by atoms with van der Waals surface area (Å²) in [6.45, 7) is 19.0. The molecule has 0 aliphatic heterocycles. The highest BCUT2D eigenvalue weighted by atomic mass is 35.5. The second-order valence-electron chi connectivity index (χ2n) is 3.50. The van der Waals surface area contributed by atoms with E-state index < -0.39 is 0 Å². The van der Waals surface area contributed by atoms with E-state index in [1.807, 2.05) is 26.0 Å². The van der Waals surface area contributed by atoms with E-state index in [1.165, 1.54) is 0 Å². The van der Waals surface area contributed by atoms with Gasteiger partial charge in [0.05, 0.1) is 0 Å². The quantitative estimate of drug-likeness (QED) is 0.577. The Hall–Kier alpha value is -1.27. The fraction of sp³-hybridized carbons (Fsp3) is 0.143. The Morgan fingerprint density at radius 2 is 1.47 bits per heavy atom. The second kappa shape index (κ2) is 6.26. The summed E-state index contributed by atoms with van der Waals surface area (Å²) in [5, 5.41) is 0.602. The van der Waals surface area contributed by atoms with Gasteiger partial charge in [-0.1, -0.05) is 55.6 Å². The van der Waals surface area contributed by atoms with E-state index in [9.17, 15) is 0 Å². The lowest BCUT2D eigenvalue weighted by molar-refractivity contribution is 1.48. The first-order valence-electron chi connectivity index (χ1n) is 4.59. The molecule has 0 aliphatic rings. The monoisotopic (exact) mass is 220 g/mol. The van der Waals surface area contributed by atoms with Crippen LogP contribution in [0.2, 0.25) is 0 Å². The van der Waals surface area contributed by atoms with Crippen LogP contribution >= 0.6 is 11.6 Å². The first kappa shape index (κ1) is 13.7. The van der Waals surface area contributed by atoms with Crippen LogP contribution in [-0.4, -0.2) is 0 Å². The van der Waals surface area contributed by atoms with Gasteiger partial charge in [0, 0.05) is 5.03 Å². The molecule has 0 spiro atoms. The van der Waals surface area contributed by atoms with E-state index in [-0.39, 0.29) is 0 Å². The predicted octanol–water partition coefficient (Wildman–Crippen LogP) is 4.93. The van der Waals surface area contributed by atoms with Crippen molar-refractivity contribution in [2.24, 2.45) is 0 Å². The fourth-order valence-electron chi connectivity index (χ4n) is 0.719. The highest BCUT2D eigenvalue weighted by Crippen LogP contribution is 2.18. The maximum atomic E-state index is 5.94. The third kappa shape index (κ3) is 5.92. The van der Waals surface area contributed by atoms with E-state index >= 15 is 0 Å². The van der Waals surface area contributed by atoms with Gasteiger partial charge in [-0.3, -0.25) is 0 Å². The minimum atomic E-state index is 0.602. The largest absolute Gasteiger partial charge is 0.0961 e. The molecule has 0 N–H and O–H groups in total. The molecule has 0 aromatic rings. The van der Waals surface area contributed by atoms with Crippen LogP contribution in [0.15, 0.2) is 71.9 Å². The van der Waals surface area contributed by atoms with Gasteiger partial charge in [0.25, 0.3) is 0 Å². The topological polar surface area (TPSA) is 0 Å². The Balaban J connectivity index is 4.61. The van der Waals surface area contributed by atoms with E-state index in [2.05, 4.69) is 26.3 Å². The maximum absolute atomic E-state index is 5.94. The normalized spacial score (nSPS) is 11.5. The number of halogens is 1. The van der Waals surface area contributed by atoms with Gasteiger partial charge >= 0.3 is 0 Å². The van der Waals surface area contributed by atoms with Crippen LogP contribution in [-0.2, 0) is 0 Å². The number of allylic oxidation sites excluding steroid dienone is 8. The van der Waals surface area contributed by atoms with E-state index in [0.717, 1.165) is 22.3 Å². The minimum Gasteiger partial charge on any atom is -0.0961 e. The molecule has 0 saturated carbocycles. The summed E-state index contributed by atoms with van der Waals surface area (Å²) < 4.78 is 0. The van der Waals surface area contributed by atoms with Gasteiger partial charge in [0.1, 0.15) is 0 Å². The van der Waals surface area contributed by atoms with Crippen molar-refractivity contribution in [2.75, 3.05) is 0 Å². The molecule has 0 aliphatic carbocycles. The Labute approximate surface area is 97.6 Å². The van der Waals surface area contributed by atoms with Gasteiger partial charge in [-0.25, -0.2) is 0 Å². The van der Waals surface area contributed by atoms with Crippen molar-refractivity contribution in [1.29, 1.82) is 0 Å². The maximum Gasteiger partial charge on any atom is 0.0435 e. The van der Waals surface area contributed by atoms with Crippen LogP contribution in [0.3, 0.4) is 0 Å². The molecule has 0 aromatic heterocycles. The summed E-state index contributed by atoms with van der Waals surface area (Å²) >= 11 is 5.94. The predicted molar refractivity (Wildman–Crippen MR) is 71.0 cm³/mol. The molecular weight excluding hydrogens is 204 g/mol. The van der Waals surface area contributed by atoms with Gasteiger partial charge in [-0.2, -0.15) is 0 Å². The molecule has 0 aromatic carbocycles. The summed E-state index contributed by atoms with van der Waals surface area (Å²) in [6.07, 6.45) is 5.51. The number of hydrogen-bond donors (Lipinski definition) is 0. The third-order valence-electron chi connectivity index (χ3n) is 1.69. The standard InChI is InChI=1S/C14H17Cl/c1-10(2)7-8-12(5)13(6)9-14(15)11(3)4/h7-9H,1,3,5-6H2,2,4H3/b8-7-,14-9+. The van der Waals surface area contributed by atoms with E-state index in [0.29, 0.717) is 5.03 Å². The molecule has 0 fully saturated rings. The molecule has 0 rings (SSSR count). The second-order valence-corrected chi connectivity index (χ2v) is 3.91. The smallest absolute Gasteiger partial charge is 0.0435 e. The summed E-state index contributed by atoms with van der Waals surface area (Å²) in [7, 11) is 0. The zero-order valence-corrected chi connectivity index (χ0v) is 10.2. The van der Waals surface area contributed by atoms with E-state index in [4.69, 9.17) is 11.6 Å². The lowest BCUT2D eigenvalue weighted by Gasteiger charge is -2.01. The van der Waals surface area contributed by atoms with Crippen LogP contribution in [0.4, 0.5) is 0 Å². The SMILES string of the molecule is C=C(C)/C=C\C(=C)C(=C)/C=C(/Cl)C(=C)C. The Morgan fingerprint density at radius 3 is 1.87 bits per heavy atom. The van der Waals surface area contributed by atoms with Crippen molar-refractivity contribution in [3.63, 3.8) is 0 Å². The molecule has 0 heterocycles. The van der Waals surface area contributed by atoms with Crippen molar-refractivity contribution in [1.82, 2.24) is 0 Å². The third-order valence-corrected chi connectivity index (χ3v) is 2.12. The van der Waals surface area contributed by atoms with Crippen molar-refractivity contribution in [3.05, 3.63) is 71.9 Å². The first-order valence-corrected chi connectivity index (χ1v) is 4.97. The summed E-state index contributed by atoms with van der Waals surface area (Å²) in [6, 6.07) is 0. The van der Waals surface area contributed by atoms with Crippen molar-refractivity contribution < 1.29 is 0 Å². The Bertz CT molecular complexity index is 365. The van der Waals surface area contributed by atoms with Gasteiger partial charge < -0.3 is 0 Å². The van der Waals surface area contributed by atoms with Crippen molar-refractivity contribution in [3.8, 4) is 0 Å². The molecule has 1 heteroatoms. The summed E-state index contributed by atoms with van der Waals surface area (Å²) in [4.78, 5) is 0. The average Bonchev–Trinajstić information content (AvgIpc) is 2.13. The van der Waals surface area contributed by atoms with Gasteiger partial charge in [0.15, 0.2) is 0 Å². The number of hydrogen-bond acceptors (Lipinski definition) is 0. The lowest BCUT2D eigenvalue weighted by Crippen LogP contribution is -1.81. The highest BCUT2D eigenvalue weighted by Gasteiger charge is 1.96. The molecule has 0 saturated heterocycles. The van der Waals surface area contributed by atoms with E-state index in [1.54, 1.807) is 6.08 Å². The summed E-state index contributed by atoms with van der Waals surface area (Å²) in [5.41, 5.74) is 3.38. The van der Waals surface area contributed by atoms with Crippen molar-refractivity contribution in [2.45, 2.75) is 13.8 Å². The molecule has 0 radical (unpaired) electrons. The first-order chi connectivity index (χ1) is 6.84. The van der Waals surface area contributed by atoms with Crippen molar-refractivity contribution >= 4 is 11.6 Å². The van der Waals surface area contributed by atoms with Gasteiger partial charge in [-0.15, -0.1) is 0 Å². The molecule has 0 unspecified atom stereocenters. The fourth-order valence-corrected chi connectivity index (χ4v) is 0.850. The zero-order valence-electron chi connectivity index (χ0n) is 9.44. The van der Waals surface area contributed by atoms with Gasteiger partial charge in [0.2, 0.25) is 0 Å². The molecule has 0 amide bonds. The van der Waals surface area contributed by atoms with Gasteiger partial charge in [-0.05, 0) is 36.6 Å². The molecular formula is C14H17Cl. The number of rotatable bonds is 5. The highest BCUT2D eigenvalue weighted by molar-refractivity contribution is 6.32. The van der Waals surface area contributed by atoms with Crippen LogP contribution < -0.4 is 0 Å². The molecule has 15 heavy (non-hydrogen) atoms. The average molecular weight is 221 g/mol. The molecule has 0 bridgehead atoms. The summed E-state index contributed by atoms with van der Waals surface area (Å²) in [5.74, 6) is 0. The zero-order chi connectivity index (χ0) is 12.0. The minimum absolute atomic E-state index is 0.602. The molecule has 80 valence electrons. The Morgan fingerprint density at radius 1 is 0.933 bits per heavy atom. The van der Waals surface area contributed by atoms with Crippen LogP contribution in [0, 0.1) is 0 Å². The molecule has 0 nitrogen and oxygen atoms in total. The molecule has 0 atom stereocenters. The lowest BCUT2D eigenvalue weighted by atomic mass is 10.1. The van der Waals surface area contributed by atoms with Crippen LogP contribution in [0.1, 0.15) is 13.8 Å². The Kier molecular flexibility index (Phi) is 5.73.